The van der Waals surface area contributed by atoms with Crippen LogP contribution in [0.15, 0.2) is 6.20 Å². The minimum absolute atomic E-state index is 0. The molecule has 0 aliphatic heterocycles. The fourth-order valence-electron chi connectivity index (χ4n) is 0.812. The summed E-state index contributed by atoms with van der Waals surface area (Å²) >= 11 is 0. The van der Waals surface area contributed by atoms with E-state index in [-0.39, 0.29) is 24.8 Å². The molecule has 0 radical (unpaired) electrons. The Bertz CT molecular complexity index is 223. The van der Waals surface area contributed by atoms with Crippen LogP contribution in [0.5, 0.6) is 0 Å². The number of halogens is 2. The van der Waals surface area contributed by atoms with Gasteiger partial charge in [0.05, 0.1) is 5.69 Å². The van der Waals surface area contributed by atoms with E-state index >= 15 is 0 Å². The topological polar surface area (TPSA) is 55.9 Å². The van der Waals surface area contributed by atoms with Gasteiger partial charge in [-0.25, -0.2) is 0 Å². The molecule has 0 atom stereocenters. The SMILES string of the molecule is CCNc1nn(C)cc1N.Cl.Cl. The minimum atomic E-state index is 0. The van der Waals surface area contributed by atoms with Gasteiger partial charge in [0.2, 0.25) is 0 Å². The summed E-state index contributed by atoms with van der Waals surface area (Å²) in [4.78, 5) is 0. The first kappa shape index (κ1) is 13.9. The van der Waals surface area contributed by atoms with E-state index < -0.39 is 0 Å². The molecular formula is C6H14Cl2N4. The molecule has 0 aromatic carbocycles. The summed E-state index contributed by atoms with van der Waals surface area (Å²) in [5.74, 6) is 0.769. The van der Waals surface area contributed by atoms with Crippen molar-refractivity contribution in [3.05, 3.63) is 6.20 Å². The largest absolute Gasteiger partial charge is 0.394 e. The Morgan fingerprint density at radius 1 is 1.58 bits per heavy atom. The van der Waals surface area contributed by atoms with Crippen LogP contribution in [0, 0.1) is 0 Å². The summed E-state index contributed by atoms with van der Waals surface area (Å²) < 4.78 is 1.69. The lowest BCUT2D eigenvalue weighted by Gasteiger charge is -1.96. The molecule has 0 spiro atoms. The van der Waals surface area contributed by atoms with Crippen molar-refractivity contribution in [1.82, 2.24) is 9.78 Å². The summed E-state index contributed by atoms with van der Waals surface area (Å²) in [5, 5.41) is 7.12. The zero-order valence-corrected chi connectivity index (χ0v) is 8.71. The van der Waals surface area contributed by atoms with Gasteiger partial charge < -0.3 is 11.1 Å². The summed E-state index contributed by atoms with van der Waals surface area (Å²) in [7, 11) is 1.84. The van der Waals surface area contributed by atoms with Gasteiger partial charge in [-0.05, 0) is 6.92 Å². The number of rotatable bonds is 2. The van der Waals surface area contributed by atoms with Gasteiger partial charge in [0.1, 0.15) is 0 Å². The third-order valence-corrected chi connectivity index (χ3v) is 1.20. The van der Waals surface area contributed by atoms with Crippen molar-refractivity contribution in [3.63, 3.8) is 0 Å². The molecule has 0 amide bonds. The van der Waals surface area contributed by atoms with Crippen molar-refractivity contribution in [3.8, 4) is 0 Å². The highest BCUT2D eigenvalue weighted by Crippen LogP contribution is 2.12. The quantitative estimate of drug-likeness (QED) is 0.777. The van der Waals surface area contributed by atoms with Crippen LogP contribution in [0.4, 0.5) is 11.5 Å². The zero-order chi connectivity index (χ0) is 7.56. The van der Waals surface area contributed by atoms with Gasteiger partial charge in [-0.2, -0.15) is 5.10 Å². The van der Waals surface area contributed by atoms with Crippen LogP contribution < -0.4 is 11.1 Å². The molecular weight excluding hydrogens is 199 g/mol. The summed E-state index contributed by atoms with van der Waals surface area (Å²) in [6, 6.07) is 0. The van der Waals surface area contributed by atoms with E-state index in [1.807, 2.05) is 14.0 Å². The first-order valence-electron chi connectivity index (χ1n) is 3.27. The maximum atomic E-state index is 5.58. The predicted octanol–water partition coefficient (Wildman–Crippen LogP) is 1.28. The molecule has 1 heterocycles. The molecule has 0 saturated heterocycles. The van der Waals surface area contributed by atoms with Crippen LogP contribution in [0.25, 0.3) is 0 Å². The number of aryl methyl sites for hydroxylation is 1. The molecule has 0 bridgehead atoms. The van der Waals surface area contributed by atoms with E-state index in [2.05, 4.69) is 10.4 Å². The number of nitrogen functional groups attached to an aromatic ring is 1. The lowest BCUT2D eigenvalue weighted by Crippen LogP contribution is -2.00. The van der Waals surface area contributed by atoms with Gasteiger partial charge in [-0.3, -0.25) is 4.68 Å². The molecule has 12 heavy (non-hydrogen) atoms. The fraction of sp³-hybridized carbons (Fsp3) is 0.500. The Kier molecular flexibility index (Phi) is 6.94. The number of nitrogens with two attached hydrogens (primary N) is 1. The van der Waals surface area contributed by atoms with Crippen LogP contribution in [0.1, 0.15) is 6.92 Å². The van der Waals surface area contributed by atoms with Crippen molar-refractivity contribution in [2.75, 3.05) is 17.6 Å². The highest BCUT2D eigenvalue weighted by Gasteiger charge is 1.99. The number of aromatic nitrogens is 2. The molecule has 6 heteroatoms. The number of nitrogens with one attached hydrogen (secondary N) is 1. The third-order valence-electron chi connectivity index (χ3n) is 1.20. The summed E-state index contributed by atoms with van der Waals surface area (Å²) in [5.41, 5.74) is 6.28. The van der Waals surface area contributed by atoms with Gasteiger partial charge in [-0.1, -0.05) is 0 Å². The molecule has 72 valence electrons. The fourth-order valence-corrected chi connectivity index (χ4v) is 0.812. The van der Waals surface area contributed by atoms with Crippen LogP contribution in [-0.4, -0.2) is 16.3 Å². The number of anilines is 2. The first-order valence-corrected chi connectivity index (χ1v) is 3.27. The van der Waals surface area contributed by atoms with Crippen LogP contribution in [-0.2, 0) is 7.05 Å². The third kappa shape index (κ3) is 3.19. The van der Waals surface area contributed by atoms with Gasteiger partial charge in [0, 0.05) is 19.8 Å². The second-order valence-electron chi connectivity index (χ2n) is 2.14. The Balaban J connectivity index is 0. The van der Waals surface area contributed by atoms with E-state index in [0.717, 1.165) is 12.4 Å². The van der Waals surface area contributed by atoms with Crippen molar-refractivity contribution in [2.24, 2.45) is 7.05 Å². The molecule has 0 unspecified atom stereocenters. The van der Waals surface area contributed by atoms with E-state index in [4.69, 9.17) is 5.73 Å². The maximum absolute atomic E-state index is 5.58. The molecule has 3 N–H and O–H groups in total. The summed E-state index contributed by atoms with van der Waals surface area (Å²) in [6.07, 6.45) is 1.78. The molecule has 4 nitrogen and oxygen atoms in total. The van der Waals surface area contributed by atoms with Crippen molar-refractivity contribution < 1.29 is 0 Å². The Morgan fingerprint density at radius 3 is 2.50 bits per heavy atom. The Morgan fingerprint density at radius 2 is 2.17 bits per heavy atom. The molecule has 0 fully saturated rings. The minimum Gasteiger partial charge on any atom is -0.394 e. The average Bonchev–Trinajstić information content (AvgIpc) is 2.13. The average molecular weight is 213 g/mol. The molecule has 1 aromatic heterocycles. The van der Waals surface area contributed by atoms with E-state index in [0.29, 0.717) is 5.69 Å². The van der Waals surface area contributed by atoms with E-state index in [9.17, 15) is 0 Å². The Labute approximate surface area is 84.3 Å². The van der Waals surface area contributed by atoms with Gasteiger partial charge in [0.25, 0.3) is 0 Å². The van der Waals surface area contributed by atoms with Crippen LogP contribution >= 0.6 is 24.8 Å². The molecule has 0 aliphatic rings. The lowest BCUT2D eigenvalue weighted by molar-refractivity contribution is 0.769. The van der Waals surface area contributed by atoms with E-state index in [1.165, 1.54) is 0 Å². The normalized spacial score (nSPS) is 8.17. The number of nitrogens with zero attached hydrogens (tertiary/aromatic N) is 2. The van der Waals surface area contributed by atoms with Gasteiger partial charge >= 0.3 is 0 Å². The van der Waals surface area contributed by atoms with Crippen molar-refractivity contribution in [2.45, 2.75) is 6.92 Å². The monoisotopic (exact) mass is 212 g/mol. The summed E-state index contributed by atoms with van der Waals surface area (Å²) in [6.45, 7) is 2.86. The highest BCUT2D eigenvalue weighted by atomic mass is 35.5. The number of hydrogen-bond donors (Lipinski definition) is 2. The lowest BCUT2D eigenvalue weighted by atomic mass is 10.5. The molecule has 0 aliphatic carbocycles. The van der Waals surface area contributed by atoms with E-state index in [1.54, 1.807) is 10.9 Å². The van der Waals surface area contributed by atoms with Gasteiger partial charge in [0.15, 0.2) is 5.82 Å². The first-order chi connectivity index (χ1) is 4.74. The maximum Gasteiger partial charge on any atom is 0.171 e. The second-order valence-corrected chi connectivity index (χ2v) is 2.14. The molecule has 1 aromatic rings. The van der Waals surface area contributed by atoms with Crippen LogP contribution in [0.3, 0.4) is 0 Å². The smallest absolute Gasteiger partial charge is 0.171 e. The van der Waals surface area contributed by atoms with Gasteiger partial charge in [-0.15, -0.1) is 24.8 Å². The molecule has 0 saturated carbocycles. The van der Waals surface area contributed by atoms with Crippen LogP contribution in [0.2, 0.25) is 0 Å². The Hall–Kier alpha value is -0.610. The van der Waals surface area contributed by atoms with Crippen molar-refractivity contribution in [1.29, 1.82) is 0 Å². The molecule has 1 rings (SSSR count). The standard InChI is InChI=1S/C6H12N4.2ClH/c1-3-8-6-5(7)4-10(2)9-6;;/h4H,3,7H2,1-2H3,(H,8,9);2*1H. The highest BCUT2D eigenvalue weighted by molar-refractivity contribution is 5.85. The zero-order valence-electron chi connectivity index (χ0n) is 7.07. The van der Waals surface area contributed by atoms with Crippen molar-refractivity contribution >= 4 is 36.3 Å². The number of hydrogen-bond acceptors (Lipinski definition) is 3. The second kappa shape index (κ2) is 5.97. The predicted molar refractivity (Wildman–Crippen MR) is 56.3 cm³/mol.